The molecule has 0 saturated heterocycles. The van der Waals surface area contributed by atoms with Gasteiger partial charge in [-0.1, -0.05) is 6.07 Å². The third-order valence-electron chi connectivity index (χ3n) is 2.65. The minimum atomic E-state index is 0.780. The van der Waals surface area contributed by atoms with E-state index in [4.69, 9.17) is 4.74 Å². The fourth-order valence-electron chi connectivity index (χ4n) is 1.82. The molecule has 0 aliphatic carbocycles. The van der Waals surface area contributed by atoms with Gasteiger partial charge in [-0.15, -0.1) is 0 Å². The van der Waals surface area contributed by atoms with Crippen molar-refractivity contribution < 1.29 is 4.74 Å². The summed E-state index contributed by atoms with van der Waals surface area (Å²) in [7, 11) is 1.67. The number of aryl methyl sites for hydroxylation is 2. The van der Waals surface area contributed by atoms with E-state index in [-0.39, 0.29) is 0 Å². The first-order valence-electron chi connectivity index (χ1n) is 5.43. The number of ether oxygens (including phenoxy) is 1. The summed E-state index contributed by atoms with van der Waals surface area (Å²) in [5.74, 6) is 0.849. The van der Waals surface area contributed by atoms with Crippen molar-refractivity contribution in [1.29, 1.82) is 0 Å². The average molecular weight is 295 g/mol. The molecule has 1 aromatic heterocycles. The Balaban J connectivity index is 2.24. The summed E-state index contributed by atoms with van der Waals surface area (Å²) >= 11 is 3.49. The monoisotopic (exact) mass is 294 g/mol. The van der Waals surface area contributed by atoms with Crippen LogP contribution in [0.4, 0.5) is 0 Å². The molecule has 1 heterocycles. The first kappa shape index (κ1) is 12.2. The lowest BCUT2D eigenvalue weighted by Gasteiger charge is -2.07. The number of methoxy groups -OCH3 is 1. The highest BCUT2D eigenvalue weighted by atomic mass is 79.9. The Morgan fingerprint density at radius 2 is 2.06 bits per heavy atom. The molecular weight excluding hydrogens is 280 g/mol. The van der Waals surface area contributed by atoms with E-state index in [1.807, 2.05) is 17.7 Å². The Morgan fingerprint density at radius 1 is 1.29 bits per heavy atom. The maximum atomic E-state index is 5.21. The Labute approximate surface area is 110 Å². The number of rotatable bonds is 3. The Kier molecular flexibility index (Phi) is 3.52. The lowest BCUT2D eigenvalue weighted by Crippen LogP contribution is -2.04. The normalized spacial score (nSPS) is 10.6. The zero-order valence-corrected chi connectivity index (χ0v) is 11.8. The molecule has 1 aromatic carbocycles. The predicted molar refractivity (Wildman–Crippen MR) is 71.5 cm³/mol. The number of hydrogen-bond acceptors (Lipinski definition) is 2. The van der Waals surface area contributed by atoms with Crippen molar-refractivity contribution in [3.63, 3.8) is 0 Å². The molecule has 4 heteroatoms. The van der Waals surface area contributed by atoms with E-state index in [0.29, 0.717) is 0 Å². The second-order valence-electron chi connectivity index (χ2n) is 4.05. The molecular formula is C13H15BrN2O. The first-order valence-corrected chi connectivity index (χ1v) is 6.23. The minimum Gasteiger partial charge on any atom is -0.496 e. The van der Waals surface area contributed by atoms with Gasteiger partial charge in [-0.25, -0.2) is 0 Å². The topological polar surface area (TPSA) is 27.1 Å². The summed E-state index contributed by atoms with van der Waals surface area (Å²) in [6, 6.07) is 8.17. The maximum Gasteiger partial charge on any atom is 0.133 e. The van der Waals surface area contributed by atoms with Crippen LogP contribution in [-0.2, 0) is 6.54 Å². The molecule has 0 unspecified atom stereocenters. The van der Waals surface area contributed by atoms with Crippen molar-refractivity contribution >= 4 is 15.9 Å². The van der Waals surface area contributed by atoms with Crippen LogP contribution in [0, 0.1) is 13.8 Å². The molecule has 0 aliphatic heterocycles. The summed E-state index contributed by atoms with van der Waals surface area (Å²) in [5.41, 5.74) is 3.42. The molecule has 0 bridgehead atoms. The summed E-state index contributed by atoms with van der Waals surface area (Å²) in [4.78, 5) is 0. The molecule has 3 nitrogen and oxygen atoms in total. The quantitative estimate of drug-likeness (QED) is 0.868. The Morgan fingerprint density at radius 3 is 2.59 bits per heavy atom. The van der Waals surface area contributed by atoms with Crippen LogP contribution in [0.25, 0.3) is 0 Å². The molecule has 0 amide bonds. The van der Waals surface area contributed by atoms with Crippen LogP contribution in [0.15, 0.2) is 28.7 Å². The van der Waals surface area contributed by atoms with E-state index in [1.54, 1.807) is 7.11 Å². The number of benzene rings is 1. The van der Waals surface area contributed by atoms with Crippen LogP contribution in [0.3, 0.4) is 0 Å². The zero-order valence-electron chi connectivity index (χ0n) is 10.2. The van der Waals surface area contributed by atoms with E-state index < -0.39 is 0 Å². The van der Waals surface area contributed by atoms with E-state index in [2.05, 4.69) is 46.2 Å². The second kappa shape index (κ2) is 4.92. The smallest absolute Gasteiger partial charge is 0.133 e. The van der Waals surface area contributed by atoms with Crippen molar-refractivity contribution in [3.8, 4) is 5.75 Å². The summed E-state index contributed by atoms with van der Waals surface area (Å²) < 4.78 is 8.18. The van der Waals surface area contributed by atoms with Crippen LogP contribution in [0.5, 0.6) is 5.75 Å². The number of nitrogens with zero attached hydrogens (tertiary/aromatic N) is 2. The van der Waals surface area contributed by atoms with Gasteiger partial charge in [0.1, 0.15) is 5.75 Å². The fraction of sp³-hybridized carbons (Fsp3) is 0.308. The van der Waals surface area contributed by atoms with E-state index in [9.17, 15) is 0 Å². The standard InChI is InChI=1S/C13H15BrN2O/c1-9-6-10(2)16(15-9)8-11-4-5-13(17-3)12(14)7-11/h4-7H,8H2,1-3H3. The highest BCUT2D eigenvalue weighted by molar-refractivity contribution is 9.10. The van der Waals surface area contributed by atoms with Crippen molar-refractivity contribution in [3.05, 3.63) is 45.7 Å². The molecule has 2 aromatic rings. The van der Waals surface area contributed by atoms with Gasteiger partial charge in [0.15, 0.2) is 0 Å². The van der Waals surface area contributed by atoms with E-state index >= 15 is 0 Å². The summed E-state index contributed by atoms with van der Waals surface area (Å²) in [6.45, 7) is 4.86. The molecule has 0 fully saturated rings. The predicted octanol–water partition coefficient (Wildman–Crippen LogP) is 3.32. The highest BCUT2D eigenvalue weighted by Crippen LogP contribution is 2.25. The van der Waals surface area contributed by atoms with Gasteiger partial charge in [0.2, 0.25) is 0 Å². The molecule has 2 rings (SSSR count). The summed E-state index contributed by atoms with van der Waals surface area (Å²) in [5, 5.41) is 4.45. The number of halogens is 1. The summed E-state index contributed by atoms with van der Waals surface area (Å²) in [6.07, 6.45) is 0. The van der Waals surface area contributed by atoms with E-state index in [0.717, 1.165) is 22.5 Å². The third kappa shape index (κ3) is 2.69. The van der Waals surface area contributed by atoms with Crippen molar-refractivity contribution in [1.82, 2.24) is 9.78 Å². The van der Waals surface area contributed by atoms with Crippen molar-refractivity contribution in [2.75, 3.05) is 7.11 Å². The van der Waals surface area contributed by atoms with E-state index in [1.165, 1.54) is 11.3 Å². The molecule has 0 spiro atoms. The number of aromatic nitrogens is 2. The van der Waals surface area contributed by atoms with Gasteiger partial charge in [0.25, 0.3) is 0 Å². The lowest BCUT2D eigenvalue weighted by molar-refractivity contribution is 0.412. The van der Waals surface area contributed by atoms with Gasteiger partial charge in [0.05, 0.1) is 23.8 Å². The van der Waals surface area contributed by atoms with Crippen LogP contribution in [0.1, 0.15) is 17.0 Å². The molecule has 0 N–H and O–H groups in total. The molecule has 90 valence electrons. The molecule has 0 atom stereocenters. The largest absolute Gasteiger partial charge is 0.496 e. The van der Waals surface area contributed by atoms with Crippen molar-refractivity contribution in [2.45, 2.75) is 20.4 Å². The van der Waals surface area contributed by atoms with Crippen LogP contribution < -0.4 is 4.74 Å². The average Bonchev–Trinajstić information content (AvgIpc) is 2.58. The molecule has 0 saturated carbocycles. The maximum absolute atomic E-state index is 5.21. The minimum absolute atomic E-state index is 0.780. The van der Waals surface area contributed by atoms with Gasteiger partial charge in [-0.2, -0.15) is 5.10 Å². The van der Waals surface area contributed by atoms with Gasteiger partial charge in [-0.05, 0) is 53.5 Å². The van der Waals surface area contributed by atoms with Gasteiger partial charge < -0.3 is 4.74 Å². The highest BCUT2D eigenvalue weighted by Gasteiger charge is 2.05. The molecule has 17 heavy (non-hydrogen) atoms. The lowest BCUT2D eigenvalue weighted by atomic mass is 10.2. The van der Waals surface area contributed by atoms with Gasteiger partial charge in [-0.3, -0.25) is 4.68 Å². The SMILES string of the molecule is COc1ccc(Cn2nc(C)cc2C)cc1Br. The van der Waals surface area contributed by atoms with Crippen molar-refractivity contribution in [2.24, 2.45) is 0 Å². The zero-order chi connectivity index (χ0) is 12.4. The number of hydrogen-bond donors (Lipinski definition) is 0. The first-order chi connectivity index (χ1) is 8.10. The van der Waals surface area contributed by atoms with Crippen LogP contribution in [-0.4, -0.2) is 16.9 Å². The molecule has 0 aliphatic rings. The molecule has 0 radical (unpaired) electrons. The fourth-order valence-corrected chi connectivity index (χ4v) is 2.40. The Bertz CT molecular complexity index is 534. The van der Waals surface area contributed by atoms with Crippen LogP contribution >= 0.6 is 15.9 Å². The van der Waals surface area contributed by atoms with Gasteiger partial charge >= 0.3 is 0 Å². The Hall–Kier alpha value is -1.29. The second-order valence-corrected chi connectivity index (χ2v) is 4.91. The van der Waals surface area contributed by atoms with Gasteiger partial charge in [0, 0.05) is 5.69 Å². The third-order valence-corrected chi connectivity index (χ3v) is 3.27. The van der Waals surface area contributed by atoms with Crippen LogP contribution in [0.2, 0.25) is 0 Å².